The average Bonchev–Trinajstić information content (AvgIpc) is 2.54. The van der Waals surface area contributed by atoms with Crippen LogP contribution in [0.2, 0.25) is 0 Å². The Hall–Kier alpha value is -1.26. The average molecular weight is 290 g/mol. The molecule has 2 atom stereocenters. The Morgan fingerprint density at radius 2 is 2.05 bits per heavy atom. The van der Waals surface area contributed by atoms with Crippen LogP contribution in [0.25, 0.3) is 0 Å². The van der Waals surface area contributed by atoms with E-state index >= 15 is 0 Å². The first kappa shape index (κ1) is 14.7. The summed E-state index contributed by atoms with van der Waals surface area (Å²) in [5.74, 6) is 1.75. The maximum atomic E-state index is 5.69. The maximum absolute atomic E-state index is 5.69. The van der Waals surface area contributed by atoms with Crippen LogP contribution in [0.4, 0.5) is 0 Å². The highest BCUT2D eigenvalue weighted by Crippen LogP contribution is 2.33. The molecule has 4 heteroatoms. The third-order valence-electron chi connectivity index (χ3n) is 4.63. The van der Waals surface area contributed by atoms with Gasteiger partial charge in [-0.1, -0.05) is 12.5 Å². The Kier molecular flexibility index (Phi) is 4.66. The summed E-state index contributed by atoms with van der Waals surface area (Å²) < 4.78 is 11.3. The van der Waals surface area contributed by atoms with E-state index in [1.807, 2.05) is 6.07 Å². The van der Waals surface area contributed by atoms with Gasteiger partial charge in [0.1, 0.15) is 13.2 Å². The zero-order valence-corrected chi connectivity index (χ0v) is 13.1. The summed E-state index contributed by atoms with van der Waals surface area (Å²) in [5.41, 5.74) is 1.29. The van der Waals surface area contributed by atoms with Gasteiger partial charge in [-0.15, -0.1) is 0 Å². The Balaban J connectivity index is 1.64. The number of nitrogens with one attached hydrogen (secondary N) is 1. The Labute approximate surface area is 127 Å². The van der Waals surface area contributed by atoms with Crippen LogP contribution >= 0.6 is 0 Å². The molecule has 1 saturated heterocycles. The van der Waals surface area contributed by atoms with E-state index in [4.69, 9.17) is 9.47 Å². The molecule has 2 unspecified atom stereocenters. The summed E-state index contributed by atoms with van der Waals surface area (Å²) in [5, 5.41) is 3.62. The first-order chi connectivity index (χ1) is 10.2. The van der Waals surface area contributed by atoms with E-state index in [0.29, 0.717) is 25.3 Å². The van der Waals surface area contributed by atoms with Gasteiger partial charge in [-0.3, -0.25) is 4.90 Å². The van der Waals surface area contributed by atoms with E-state index in [9.17, 15) is 0 Å². The number of piperidine rings is 1. The molecule has 1 N–H and O–H groups in total. The third kappa shape index (κ3) is 3.50. The summed E-state index contributed by atoms with van der Waals surface area (Å²) >= 11 is 0. The monoisotopic (exact) mass is 290 g/mol. The number of rotatable bonds is 4. The van der Waals surface area contributed by atoms with Crippen LogP contribution in [-0.2, 0) is 0 Å². The Bertz CT molecular complexity index is 472. The summed E-state index contributed by atoms with van der Waals surface area (Å²) in [6.07, 6.45) is 3.96. The van der Waals surface area contributed by atoms with Gasteiger partial charge in [0, 0.05) is 18.6 Å². The SMILES string of the molecule is CC(c1ccc2c(c1)OCCO2)N(C)CC1CCCCN1. The van der Waals surface area contributed by atoms with Crippen molar-refractivity contribution in [3.63, 3.8) is 0 Å². The molecule has 2 aliphatic heterocycles. The van der Waals surface area contributed by atoms with Gasteiger partial charge in [0.25, 0.3) is 0 Å². The Morgan fingerprint density at radius 1 is 1.24 bits per heavy atom. The minimum absolute atomic E-state index is 0.379. The molecule has 0 saturated carbocycles. The van der Waals surface area contributed by atoms with Gasteiger partial charge in [-0.25, -0.2) is 0 Å². The van der Waals surface area contributed by atoms with Crippen LogP contribution in [0.5, 0.6) is 11.5 Å². The fourth-order valence-corrected chi connectivity index (χ4v) is 3.16. The molecule has 3 rings (SSSR count). The Morgan fingerprint density at radius 3 is 2.81 bits per heavy atom. The number of hydrogen-bond acceptors (Lipinski definition) is 4. The van der Waals surface area contributed by atoms with Crippen LogP contribution in [0, 0.1) is 0 Å². The molecule has 0 spiro atoms. The maximum Gasteiger partial charge on any atom is 0.161 e. The van der Waals surface area contributed by atoms with Crippen molar-refractivity contribution in [2.45, 2.75) is 38.3 Å². The van der Waals surface area contributed by atoms with E-state index in [-0.39, 0.29) is 0 Å². The van der Waals surface area contributed by atoms with Crippen LogP contribution in [0.1, 0.15) is 37.8 Å². The molecule has 1 fully saturated rings. The van der Waals surface area contributed by atoms with Crippen molar-refractivity contribution in [1.82, 2.24) is 10.2 Å². The largest absolute Gasteiger partial charge is 0.486 e. The quantitative estimate of drug-likeness (QED) is 0.924. The van der Waals surface area contributed by atoms with Crippen molar-refractivity contribution in [3.05, 3.63) is 23.8 Å². The van der Waals surface area contributed by atoms with Gasteiger partial charge in [0.05, 0.1) is 0 Å². The van der Waals surface area contributed by atoms with Gasteiger partial charge in [0.15, 0.2) is 11.5 Å². The summed E-state index contributed by atoms with van der Waals surface area (Å²) in [7, 11) is 2.21. The molecule has 1 aromatic rings. The fraction of sp³-hybridized carbons (Fsp3) is 0.647. The van der Waals surface area contributed by atoms with E-state index in [1.54, 1.807) is 0 Å². The lowest BCUT2D eigenvalue weighted by atomic mass is 10.0. The smallest absolute Gasteiger partial charge is 0.161 e. The molecule has 21 heavy (non-hydrogen) atoms. The van der Waals surface area contributed by atoms with E-state index < -0.39 is 0 Å². The highest BCUT2D eigenvalue weighted by molar-refractivity contribution is 5.44. The number of nitrogens with zero attached hydrogens (tertiary/aromatic N) is 1. The van der Waals surface area contributed by atoms with Crippen LogP contribution < -0.4 is 14.8 Å². The number of fused-ring (bicyclic) bond motifs is 1. The summed E-state index contributed by atoms with van der Waals surface area (Å²) in [4.78, 5) is 2.42. The second-order valence-corrected chi connectivity index (χ2v) is 6.17. The molecule has 1 aromatic carbocycles. The predicted molar refractivity (Wildman–Crippen MR) is 84.1 cm³/mol. The lowest BCUT2D eigenvalue weighted by Crippen LogP contribution is -2.43. The molecule has 0 radical (unpaired) electrons. The van der Waals surface area contributed by atoms with Crippen LogP contribution in [0.15, 0.2) is 18.2 Å². The molecule has 0 aromatic heterocycles. The van der Waals surface area contributed by atoms with Crippen molar-refractivity contribution in [1.29, 1.82) is 0 Å². The standard InChI is InChI=1S/C17H26N2O2/c1-13(19(2)12-15-5-3-4-8-18-15)14-6-7-16-17(11-14)21-10-9-20-16/h6-7,11,13,15,18H,3-5,8-10,12H2,1-2H3. The molecule has 0 bridgehead atoms. The molecule has 4 nitrogen and oxygen atoms in total. The minimum atomic E-state index is 0.379. The second-order valence-electron chi connectivity index (χ2n) is 6.17. The molecular weight excluding hydrogens is 264 g/mol. The van der Waals surface area contributed by atoms with Crippen molar-refractivity contribution >= 4 is 0 Å². The third-order valence-corrected chi connectivity index (χ3v) is 4.63. The second kappa shape index (κ2) is 6.67. The van der Waals surface area contributed by atoms with E-state index in [2.05, 4.69) is 36.3 Å². The molecule has 116 valence electrons. The van der Waals surface area contributed by atoms with E-state index in [0.717, 1.165) is 24.6 Å². The van der Waals surface area contributed by atoms with Crippen molar-refractivity contribution < 1.29 is 9.47 Å². The number of hydrogen-bond donors (Lipinski definition) is 1. The van der Waals surface area contributed by atoms with Crippen molar-refractivity contribution in [2.24, 2.45) is 0 Å². The van der Waals surface area contributed by atoms with Gasteiger partial charge >= 0.3 is 0 Å². The number of benzene rings is 1. The van der Waals surface area contributed by atoms with Crippen LogP contribution in [-0.4, -0.2) is 44.3 Å². The summed E-state index contributed by atoms with van der Waals surface area (Å²) in [6.45, 7) is 5.81. The van der Waals surface area contributed by atoms with Crippen LogP contribution in [0.3, 0.4) is 0 Å². The lowest BCUT2D eigenvalue weighted by Gasteiger charge is -2.32. The molecular formula is C17H26N2O2. The van der Waals surface area contributed by atoms with Gasteiger partial charge in [-0.05, 0) is 51.1 Å². The minimum Gasteiger partial charge on any atom is -0.486 e. The highest BCUT2D eigenvalue weighted by atomic mass is 16.6. The number of likely N-dealkylation sites (N-methyl/N-ethyl adjacent to an activating group) is 1. The number of ether oxygens (including phenoxy) is 2. The topological polar surface area (TPSA) is 33.7 Å². The summed E-state index contributed by atoms with van der Waals surface area (Å²) in [6, 6.07) is 7.33. The molecule has 0 amide bonds. The van der Waals surface area contributed by atoms with Gasteiger partial charge in [-0.2, -0.15) is 0 Å². The first-order valence-corrected chi connectivity index (χ1v) is 8.07. The first-order valence-electron chi connectivity index (χ1n) is 8.07. The normalized spacial score (nSPS) is 23.1. The molecule has 0 aliphatic carbocycles. The molecule has 2 heterocycles. The fourth-order valence-electron chi connectivity index (χ4n) is 3.16. The zero-order chi connectivity index (χ0) is 14.7. The van der Waals surface area contributed by atoms with Crippen molar-refractivity contribution in [3.8, 4) is 11.5 Å². The zero-order valence-electron chi connectivity index (χ0n) is 13.1. The lowest BCUT2D eigenvalue weighted by molar-refractivity contribution is 0.170. The van der Waals surface area contributed by atoms with Gasteiger partial charge in [0.2, 0.25) is 0 Å². The highest BCUT2D eigenvalue weighted by Gasteiger charge is 2.20. The van der Waals surface area contributed by atoms with Crippen molar-refractivity contribution in [2.75, 3.05) is 33.4 Å². The predicted octanol–water partition coefficient (Wildman–Crippen LogP) is 2.59. The van der Waals surface area contributed by atoms with E-state index in [1.165, 1.54) is 24.8 Å². The molecule has 2 aliphatic rings. The van der Waals surface area contributed by atoms with Gasteiger partial charge < -0.3 is 14.8 Å².